The second-order valence-corrected chi connectivity index (χ2v) is 18.4. The maximum absolute atomic E-state index is 13.3. The Morgan fingerprint density at radius 2 is 1.72 bits per heavy atom. The zero-order valence-corrected chi connectivity index (χ0v) is 37.9. The average Bonchev–Trinajstić information content (AvgIpc) is 4.16. The van der Waals surface area contributed by atoms with Gasteiger partial charge in [-0.15, -0.1) is 0 Å². The highest BCUT2D eigenvalue weighted by atomic mass is 16.7. The Labute approximate surface area is 405 Å². The Bertz CT molecular complexity index is 2950. The van der Waals surface area contributed by atoms with Crippen LogP contribution in [0.25, 0.3) is 5.76 Å². The first-order chi connectivity index (χ1) is 34.1. The van der Waals surface area contributed by atoms with Crippen LogP contribution < -0.4 is 24.4 Å². The second kappa shape index (κ2) is 18.4. The summed E-state index contributed by atoms with van der Waals surface area (Å²) < 4.78 is 31.7. The van der Waals surface area contributed by atoms with Crippen molar-refractivity contribution in [2.75, 3.05) is 13.2 Å². The van der Waals surface area contributed by atoms with Gasteiger partial charge in [0.25, 0.3) is 0 Å². The van der Waals surface area contributed by atoms with Crippen LogP contribution in [0.4, 0.5) is 0 Å². The lowest BCUT2D eigenvalue weighted by Gasteiger charge is -2.57. The van der Waals surface area contributed by atoms with Crippen molar-refractivity contribution in [1.29, 1.82) is 0 Å². The quantitative estimate of drug-likeness (QED) is 0.0766. The fraction of sp³-hybridized carbons (Fsp3) is 0.327. The topological polar surface area (TPSA) is 308 Å². The number of nitrogens with two attached hydrogens (primary N) is 1. The Hall–Kier alpha value is -7.39. The first kappa shape index (κ1) is 47.3. The highest BCUT2D eigenvalue weighted by Gasteiger charge is 2.71. The number of aromatic hydroxyl groups is 2. The van der Waals surface area contributed by atoms with Crippen molar-refractivity contribution in [2.45, 2.75) is 85.7 Å². The molecule has 4 aliphatic heterocycles. The Kier molecular flexibility index (Phi) is 12.3. The third-order valence-electron chi connectivity index (χ3n) is 13.9. The Morgan fingerprint density at radius 3 is 2.38 bits per heavy atom. The summed E-state index contributed by atoms with van der Waals surface area (Å²) in [6, 6.07) is 23.0. The van der Waals surface area contributed by atoms with Gasteiger partial charge in [-0.2, -0.15) is 0 Å². The summed E-state index contributed by atoms with van der Waals surface area (Å²) in [6.45, 7) is -0.578. The average molecular weight is 972 g/mol. The zero-order valence-electron chi connectivity index (χ0n) is 37.9. The van der Waals surface area contributed by atoms with Gasteiger partial charge in [0.1, 0.15) is 58.3 Å². The number of amidine groups is 1. The molecule has 4 heterocycles. The van der Waals surface area contributed by atoms with Crippen molar-refractivity contribution in [3.8, 4) is 34.5 Å². The lowest BCUT2D eigenvalue weighted by Crippen LogP contribution is -2.79. The smallest absolute Gasteiger partial charge is 0.336 e. The number of hydrogen-bond donors (Lipinski definition) is 10. The molecule has 0 spiro atoms. The molecule has 2 bridgehead atoms. The van der Waals surface area contributed by atoms with E-state index >= 15 is 0 Å². The lowest BCUT2D eigenvalue weighted by atomic mass is 9.60. The van der Waals surface area contributed by atoms with Crippen molar-refractivity contribution in [2.24, 2.45) is 20.9 Å². The van der Waals surface area contributed by atoms with Gasteiger partial charge in [-0.05, 0) is 90.2 Å². The number of aliphatic carboxylic acids is 1. The maximum Gasteiger partial charge on any atom is 0.336 e. The number of carbonyl (C=O) groups is 1. The molecule has 9 unspecified atom stereocenters. The highest BCUT2D eigenvalue weighted by molar-refractivity contribution is 6.15. The lowest BCUT2D eigenvalue weighted by molar-refractivity contribution is -0.338. The minimum atomic E-state index is -2.73. The van der Waals surface area contributed by atoms with E-state index in [-0.39, 0.29) is 64.5 Å². The van der Waals surface area contributed by atoms with E-state index in [1.165, 1.54) is 48.8 Å². The number of carboxylic acid groups (broad SMARTS) is 1. The molecule has 368 valence electrons. The molecule has 19 heteroatoms. The van der Waals surface area contributed by atoms with Crippen LogP contribution in [0.15, 0.2) is 130 Å². The predicted molar refractivity (Wildman–Crippen MR) is 254 cm³/mol. The van der Waals surface area contributed by atoms with Gasteiger partial charge in [0, 0.05) is 18.2 Å². The summed E-state index contributed by atoms with van der Waals surface area (Å²) in [5.41, 5.74) is -4.31. The van der Waals surface area contributed by atoms with Crippen LogP contribution >= 0.6 is 0 Å². The summed E-state index contributed by atoms with van der Waals surface area (Å²) in [4.78, 5) is 25.8. The first-order valence-electron chi connectivity index (χ1n) is 23.0. The second-order valence-electron chi connectivity index (χ2n) is 18.4. The largest absolute Gasteiger partial charge is 0.508 e. The number of rotatable bonds is 15. The number of phenolic OH excluding ortho intramolecular Hbond substituents is 2. The number of fused-ring (bicyclic) bond motifs is 3. The summed E-state index contributed by atoms with van der Waals surface area (Å²) in [6.07, 6.45) is -0.926. The van der Waals surface area contributed by atoms with Crippen LogP contribution in [0, 0.1) is 5.92 Å². The number of aliphatic imine (C=N–C) groups is 3. The summed E-state index contributed by atoms with van der Waals surface area (Å²) in [5, 5.41) is 110. The van der Waals surface area contributed by atoms with E-state index in [0.717, 1.165) is 5.56 Å². The van der Waals surface area contributed by atoms with E-state index in [4.69, 9.17) is 29.1 Å². The molecule has 4 aromatic rings. The molecule has 1 saturated carbocycles. The molecule has 1 saturated heterocycles. The van der Waals surface area contributed by atoms with E-state index < -0.39 is 83.6 Å². The van der Waals surface area contributed by atoms with Gasteiger partial charge < -0.3 is 69.6 Å². The van der Waals surface area contributed by atoms with E-state index in [2.05, 4.69) is 15.0 Å². The van der Waals surface area contributed by atoms with Crippen molar-refractivity contribution in [3.05, 3.63) is 137 Å². The van der Waals surface area contributed by atoms with Gasteiger partial charge in [0.15, 0.2) is 41.1 Å². The first-order valence-corrected chi connectivity index (χ1v) is 23.0. The van der Waals surface area contributed by atoms with E-state index in [1.807, 2.05) is 18.2 Å². The van der Waals surface area contributed by atoms with Gasteiger partial charge in [-0.25, -0.2) is 9.79 Å². The minimum Gasteiger partial charge on any atom is -0.508 e. The van der Waals surface area contributed by atoms with E-state index in [9.17, 15) is 50.8 Å². The van der Waals surface area contributed by atoms with Crippen LogP contribution in [-0.2, 0) is 21.6 Å². The molecule has 11 N–H and O–H groups in total. The van der Waals surface area contributed by atoms with Crippen molar-refractivity contribution < 1.29 is 79.8 Å². The molecule has 9 atom stereocenters. The third-order valence-corrected chi connectivity index (χ3v) is 13.9. The van der Waals surface area contributed by atoms with Crippen molar-refractivity contribution >= 4 is 35.3 Å². The summed E-state index contributed by atoms with van der Waals surface area (Å²) in [5.74, 6) is -4.60. The van der Waals surface area contributed by atoms with Gasteiger partial charge in [-0.3, -0.25) is 10.4 Å². The number of nitrogens with zero attached hydrogens (tertiary/aromatic N) is 3. The van der Waals surface area contributed by atoms with Crippen LogP contribution in [0.2, 0.25) is 0 Å². The van der Waals surface area contributed by atoms with Crippen molar-refractivity contribution in [1.82, 2.24) is 0 Å². The molecule has 2 fully saturated rings. The van der Waals surface area contributed by atoms with Gasteiger partial charge >= 0.3 is 11.8 Å². The number of ether oxygens (including phenoxy) is 5. The normalized spacial score (nSPS) is 27.9. The molecule has 0 amide bonds. The van der Waals surface area contributed by atoms with Crippen LogP contribution in [-0.4, -0.2) is 131 Å². The molecule has 4 aromatic carbocycles. The number of hydrogen-bond acceptors (Lipinski definition) is 16. The third kappa shape index (κ3) is 8.39. The van der Waals surface area contributed by atoms with Crippen LogP contribution in [0.1, 0.15) is 54.0 Å². The molecule has 0 radical (unpaired) electrons. The Balaban J connectivity index is 1.05. The molecule has 2 aliphatic carbocycles. The van der Waals surface area contributed by atoms with E-state index in [0.29, 0.717) is 42.4 Å². The molecular formula is C52H51N4O15+. The zero-order chi connectivity index (χ0) is 49.8. The fourth-order valence-electron chi connectivity index (χ4n) is 10.5. The standard InChI is InChI=1S/C52H50N4O15/c53-40-16-15-33(56-40)43(60)39(25-57)67-32-13-11-28(12-14-32)36-21-35(59)41-37(68-36)22-38(45(44(41)61)71-50(17-4-5-18-50)30-9-6-10-31(58)20-30)69-49-51(65)23-29(19-27-7-2-1-3-8-27)42(34-24-54-26-55-34)52(66,48(51)64)46(70-49)47(62)63/h1-3,6-16,20-23,26,36,39,42-43,46,48-49,53,57-61,64-66H,4-5,17-19,24-25H2,(H,62,63)/p+1. The number of aliphatic hydroxyl groups is 6. The summed E-state index contributed by atoms with van der Waals surface area (Å²) in [7, 11) is 0. The monoisotopic (exact) mass is 971 g/mol. The molecule has 10 rings (SSSR count). The number of aliphatic hydroxyl groups excluding tert-OH is 4. The highest BCUT2D eigenvalue weighted by Crippen LogP contribution is 2.56. The molecule has 71 heavy (non-hydrogen) atoms. The molecule has 19 nitrogen and oxygen atoms in total. The number of phenols is 2. The van der Waals surface area contributed by atoms with Crippen LogP contribution in [0.5, 0.6) is 34.5 Å². The van der Waals surface area contributed by atoms with E-state index in [1.54, 1.807) is 48.5 Å². The summed E-state index contributed by atoms with van der Waals surface area (Å²) >= 11 is 0. The van der Waals surface area contributed by atoms with Crippen LogP contribution in [0.3, 0.4) is 0 Å². The van der Waals surface area contributed by atoms with Gasteiger partial charge in [-0.1, -0.05) is 60.2 Å². The number of benzene rings is 4. The predicted octanol–water partition coefficient (Wildman–Crippen LogP) is 2.54. The molecule has 0 aromatic heterocycles. The minimum absolute atomic E-state index is 0.0229. The SMILES string of the molecule is [NH2+]=C1C=CC(C(O)C(CO)Oc2ccc(C3C=C(O)c4c(cc(OC5OC(C(=O)O)C6(O)C(C7=NC=NC7)C(Cc7ccccc7)=CC5(O)C6O)c(OC5(c6cccc(O)c6)CCCC5)c4O)O3)cc2)=N1. The molecular weight excluding hydrogens is 921 g/mol. The number of carboxylic acids is 1. The van der Waals surface area contributed by atoms with Gasteiger partial charge in [0.05, 0.1) is 24.8 Å². The Morgan fingerprint density at radius 1 is 0.958 bits per heavy atom. The van der Waals surface area contributed by atoms with Crippen molar-refractivity contribution in [3.63, 3.8) is 0 Å². The maximum atomic E-state index is 13.3. The fourth-order valence-corrected chi connectivity index (χ4v) is 10.5. The molecule has 6 aliphatic rings. The van der Waals surface area contributed by atoms with Gasteiger partial charge in [0.2, 0.25) is 12.0 Å².